The van der Waals surface area contributed by atoms with E-state index in [2.05, 4.69) is 17.6 Å². The second kappa shape index (κ2) is 6.50. The van der Waals surface area contributed by atoms with Crippen molar-refractivity contribution in [3.05, 3.63) is 65.5 Å². The first kappa shape index (κ1) is 15.7. The highest BCUT2D eigenvalue weighted by atomic mass is 19.1. The normalized spacial score (nSPS) is 15.2. The summed E-state index contributed by atoms with van der Waals surface area (Å²) in [5, 5.41) is 6.28. The molecule has 0 atom stereocenters. The van der Waals surface area contributed by atoms with Crippen LogP contribution in [0.5, 0.6) is 0 Å². The van der Waals surface area contributed by atoms with Gasteiger partial charge in [0.05, 0.1) is 5.41 Å². The van der Waals surface area contributed by atoms with Gasteiger partial charge in [0, 0.05) is 12.2 Å². The van der Waals surface area contributed by atoms with Crippen LogP contribution < -0.4 is 10.6 Å². The van der Waals surface area contributed by atoms with Gasteiger partial charge in [0.25, 0.3) is 0 Å². The van der Waals surface area contributed by atoms with Gasteiger partial charge in [0.15, 0.2) is 0 Å². The molecular formula is C19H21FN2O. The van der Waals surface area contributed by atoms with Crippen molar-refractivity contribution >= 4 is 11.6 Å². The van der Waals surface area contributed by atoms with Crippen LogP contribution in [0.4, 0.5) is 10.1 Å². The van der Waals surface area contributed by atoms with Gasteiger partial charge in [-0.3, -0.25) is 4.79 Å². The summed E-state index contributed by atoms with van der Waals surface area (Å²) in [5.74, 6) is -0.286. The number of hydrogen-bond acceptors (Lipinski definition) is 2. The lowest BCUT2D eigenvalue weighted by Gasteiger charge is -2.16. The zero-order valence-electron chi connectivity index (χ0n) is 13.2. The Kier molecular flexibility index (Phi) is 4.44. The maximum atomic E-state index is 13.1. The maximum Gasteiger partial charge on any atom is 0.235 e. The largest absolute Gasteiger partial charge is 0.325 e. The van der Waals surface area contributed by atoms with Crippen LogP contribution in [0.3, 0.4) is 0 Å². The molecule has 1 aliphatic carbocycles. The molecule has 0 aliphatic heterocycles. The van der Waals surface area contributed by atoms with E-state index in [1.54, 1.807) is 12.1 Å². The molecule has 2 N–H and O–H groups in total. The number of carbonyl (C=O) groups is 1. The fraction of sp³-hybridized carbons (Fsp3) is 0.316. The molecule has 3 rings (SSSR count). The van der Waals surface area contributed by atoms with Gasteiger partial charge in [-0.2, -0.15) is 0 Å². The predicted molar refractivity (Wildman–Crippen MR) is 89.8 cm³/mol. The third-order valence-electron chi connectivity index (χ3n) is 4.35. The van der Waals surface area contributed by atoms with Crippen LogP contribution in [0, 0.1) is 5.82 Å². The van der Waals surface area contributed by atoms with Crippen LogP contribution in [0.25, 0.3) is 0 Å². The summed E-state index contributed by atoms with van der Waals surface area (Å²) in [4.78, 5) is 12.7. The Morgan fingerprint density at radius 1 is 1.17 bits per heavy atom. The summed E-state index contributed by atoms with van der Waals surface area (Å²) in [5.41, 5.74) is 2.33. The standard InChI is InChI=1S/C19H21FN2O/c1-2-21-13-14-4-3-5-17(12-14)22-18(23)19(10-11-19)15-6-8-16(20)9-7-15/h3-9,12,21H,2,10-11,13H2,1H3,(H,22,23). The molecule has 0 bridgehead atoms. The average Bonchev–Trinajstić information content (AvgIpc) is 3.36. The minimum Gasteiger partial charge on any atom is -0.325 e. The van der Waals surface area contributed by atoms with Crippen LogP contribution in [0.1, 0.15) is 30.9 Å². The first-order chi connectivity index (χ1) is 11.1. The summed E-state index contributed by atoms with van der Waals surface area (Å²) in [7, 11) is 0. The van der Waals surface area contributed by atoms with Crippen molar-refractivity contribution in [1.82, 2.24) is 5.32 Å². The van der Waals surface area contributed by atoms with E-state index in [4.69, 9.17) is 0 Å². The number of amides is 1. The Hall–Kier alpha value is -2.20. The molecule has 0 spiro atoms. The van der Waals surface area contributed by atoms with Gasteiger partial charge in [-0.1, -0.05) is 31.2 Å². The van der Waals surface area contributed by atoms with Crippen LogP contribution >= 0.6 is 0 Å². The van der Waals surface area contributed by atoms with E-state index in [0.29, 0.717) is 0 Å². The molecule has 1 saturated carbocycles. The van der Waals surface area contributed by atoms with Gasteiger partial charge in [-0.05, 0) is 54.8 Å². The van der Waals surface area contributed by atoms with Crippen LogP contribution in [0.15, 0.2) is 48.5 Å². The Bertz CT molecular complexity index is 693. The molecule has 0 saturated heterocycles. The highest BCUT2D eigenvalue weighted by molar-refractivity contribution is 6.01. The van der Waals surface area contributed by atoms with E-state index >= 15 is 0 Å². The maximum absolute atomic E-state index is 13.1. The van der Waals surface area contributed by atoms with Crippen LogP contribution in [0.2, 0.25) is 0 Å². The molecule has 23 heavy (non-hydrogen) atoms. The Labute approximate surface area is 135 Å². The first-order valence-electron chi connectivity index (χ1n) is 8.01. The zero-order valence-corrected chi connectivity index (χ0v) is 13.2. The van der Waals surface area contributed by atoms with Crippen LogP contribution in [-0.2, 0) is 16.8 Å². The number of hydrogen-bond donors (Lipinski definition) is 2. The minimum atomic E-state index is -0.495. The summed E-state index contributed by atoms with van der Waals surface area (Å²) in [6, 6.07) is 14.1. The first-order valence-corrected chi connectivity index (χ1v) is 8.01. The van der Waals surface area contributed by atoms with E-state index in [0.717, 1.165) is 42.7 Å². The van der Waals surface area contributed by atoms with Crippen molar-refractivity contribution in [1.29, 1.82) is 0 Å². The lowest BCUT2D eigenvalue weighted by Crippen LogP contribution is -2.27. The van der Waals surface area contributed by atoms with Crippen molar-refractivity contribution in [2.45, 2.75) is 31.7 Å². The Morgan fingerprint density at radius 3 is 2.57 bits per heavy atom. The summed E-state index contributed by atoms with van der Waals surface area (Å²) < 4.78 is 13.1. The number of halogens is 1. The molecular weight excluding hydrogens is 291 g/mol. The zero-order chi connectivity index (χ0) is 16.3. The molecule has 1 amide bonds. The van der Waals surface area contributed by atoms with Gasteiger partial charge in [0.1, 0.15) is 5.82 Å². The fourth-order valence-electron chi connectivity index (χ4n) is 2.82. The van der Waals surface area contributed by atoms with E-state index in [1.807, 2.05) is 24.3 Å². The number of rotatable bonds is 6. The van der Waals surface area contributed by atoms with Gasteiger partial charge >= 0.3 is 0 Å². The van der Waals surface area contributed by atoms with Gasteiger partial charge in [-0.25, -0.2) is 4.39 Å². The number of nitrogens with one attached hydrogen (secondary N) is 2. The molecule has 1 fully saturated rings. The Morgan fingerprint density at radius 2 is 1.91 bits per heavy atom. The van der Waals surface area contributed by atoms with Crippen molar-refractivity contribution in [3.8, 4) is 0 Å². The molecule has 1 aliphatic rings. The summed E-state index contributed by atoms with van der Waals surface area (Å²) in [6.07, 6.45) is 1.61. The van der Waals surface area contributed by atoms with Crippen molar-refractivity contribution < 1.29 is 9.18 Å². The quantitative estimate of drug-likeness (QED) is 0.855. The second-order valence-electron chi connectivity index (χ2n) is 6.02. The Balaban J connectivity index is 1.73. The molecule has 0 radical (unpaired) electrons. The molecule has 4 heteroatoms. The summed E-state index contributed by atoms with van der Waals surface area (Å²) in [6.45, 7) is 3.75. The molecule has 2 aromatic rings. The lowest BCUT2D eigenvalue weighted by atomic mass is 9.95. The minimum absolute atomic E-state index is 0.00953. The van der Waals surface area contributed by atoms with Crippen molar-refractivity contribution in [2.24, 2.45) is 0 Å². The molecule has 3 nitrogen and oxygen atoms in total. The van der Waals surface area contributed by atoms with Gasteiger partial charge in [0.2, 0.25) is 5.91 Å². The smallest absolute Gasteiger partial charge is 0.235 e. The van der Waals surface area contributed by atoms with Gasteiger partial charge in [-0.15, -0.1) is 0 Å². The highest BCUT2D eigenvalue weighted by Crippen LogP contribution is 2.49. The van der Waals surface area contributed by atoms with E-state index in [-0.39, 0.29) is 11.7 Å². The van der Waals surface area contributed by atoms with Crippen molar-refractivity contribution in [2.75, 3.05) is 11.9 Å². The number of benzene rings is 2. The fourth-order valence-corrected chi connectivity index (χ4v) is 2.82. The molecule has 0 unspecified atom stereocenters. The number of carbonyl (C=O) groups excluding carboxylic acids is 1. The topological polar surface area (TPSA) is 41.1 Å². The predicted octanol–water partition coefficient (Wildman–Crippen LogP) is 3.61. The van der Waals surface area contributed by atoms with E-state index < -0.39 is 5.41 Å². The second-order valence-corrected chi connectivity index (χ2v) is 6.02. The molecule has 0 heterocycles. The average molecular weight is 312 g/mol. The van der Waals surface area contributed by atoms with E-state index in [9.17, 15) is 9.18 Å². The SMILES string of the molecule is CCNCc1cccc(NC(=O)C2(c3ccc(F)cc3)CC2)c1. The molecule has 0 aromatic heterocycles. The molecule has 120 valence electrons. The van der Waals surface area contributed by atoms with Crippen molar-refractivity contribution in [3.63, 3.8) is 0 Å². The monoisotopic (exact) mass is 312 g/mol. The molecule has 2 aromatic carbocycles. The third-order valence-corrected chi connectivity index (χ3v) is 4.35. The van der Waals surface area contributed by atoms with Crippen LogP contribution in [-0.4, -0.2) is 12.5 Å². The highest BCUT2D eigenvalue weighted by Gasteiger charge is 2.51. The van der Waals surface area contributed by atoms with Gasteiger partial charge < -0.3 is 10.6 Å². The third kappa shape index (κ3) is 3.42. The van der Waals surface area contributed by atoms with E-state index in [1.165, 1.54) is 12.1 Å². The number of anilines is 1. The lowest BCUT2D eigenvalue weighted by molar-refractivity contribution is -0.118. The summed E-state index contributed by atoms with van der Waals surface area (Å²) >= 11 is 0.